The quantitative estimate of drug-likeness (QED) is 0.0861. The van der Waals surface area contributed by atoms with Gasteiger partial charge in [0, 0.05) is 94.8 Å². The molecule has 8 rings (SSSR count). The molecule has 4 aliphatic rings. The van der Waals surface area contributed by atoms with Crippen molar-refractivity contribution in [2.75, 3.05) is 43.4 Å². The van der Waals surface area contributed by atoms with Crippen LogP contribution in [0.25, 0.3) is 66.8 Å². The minimum absolute atomic E-state index is 0. The van der Waals surface area contributed by atoms with Crippen LogP contribution in [-0.4, -0.2) is 49.8 Å². The number of benzene rings is 6. The van der Waals surface area contributed by atoms with Crippen molar-refractivity contribution in [3.05, 3.63) is 141 Å². The molecule has 0 saturated heterocycles. The normalized spacial score (nSPS) is 11.5. The highest BCUT2D eigenvalue weighted by Gasteiger charge is 2.25. The standard InChI is InChI=1S/C28H30N2O3.C26H26N2O3.2ClH/c1-6-29-23-15-25-21(13-17(23)4)27(19-11-9-10-12-20(19)28(31)32-8-3)22-14-18(5)24(30-7-2)16-26(22)33-25;1-5-27-21-13-23-19(11-15(21)3)25(17-9-7-8-10-18(17)26(29)30)20-12-16(4)22(28-6-2)14-24(20)31-23;;/h9-16,29H,6-8H2,1-5H3;7-14,27H,5-6H2,1-4H3,(H,29,30);2*1H. The second-order valence-corrected chi connectivity index (χ2v) is 15.7. The SMILES string of the molecule is CCN=c1cc2oc3cc(NCC)c(C)cc3c(-c3ccccc3C(=O)O)c-2cc1C.CCN=c1cc2oc3cc(NCC)c(C)cc3c(-c3ccccc3C(=O)OCC)c-2cc1C.Cl.Cl. The fraction of sp³-hybridized carbons (Fsp3) is 0.259. The van der Waals surface area contributed by atoms with Gasteiger partial charge in [0.25, 0.3) is 0 Å². The van der Waals surface area contributed by atoms with Crippen molar-refractivity contribution < 1.29 is 28.3 Å². The Hall–Kier alpha value is -6.62. The van der Waals surface area contributed by atoms with Gasteiger partial charge in [0.1, 0.15) is 22.7 Å². The third kappa shape index (κ3) is 10.1. The minimum atomic E-state index is -0.951. The number of aromatic carboxylic acids is 1. The molecule has 12 heteroatoms. The maximum Gasteiger partial charge on any atom is 0.338 e. The zero-order valence-corrected chi connectivity index (χ0v) is 40.6. The highest BCUT2D eigenvalue weighted by molar-refractivity contribution is 6.10. The molecule has 0 fully saturated rings. The van der Waals surface area contributed by atoms with Gasteiger partial charge in [-0.25, -0.2) is 9.59 Å². The molecule has 2 aliphatic heterocycles. The number of halogens is 2. The number of esters is 1. The number of carbonyl (C=O) groups is 2. The van der Waals surface area contributed by atoms with Crippen LogP contribution in [0.3, 0.4) is 0 Å². The molecular weight excluding hydrogens is 872 g/mol. The van der Waals surface area contributed by atoms with E-state index in [1.165, 1.54) is 0 Å². The predicted octanol–water partition coefficient (Wildman–Crippen LogP) is 13.1. The van der Waals surface area contributed by atoms with E-state index in [1.807, 2.05) is 101 Å². The van der Waals surface area contributed by atoms with Gasteiger partial charge in [0.2, 0.25) is 0 Å². The summed E-state index contributed by atoms with van der Waals surface area (Å²) in [5.74, 6) is 0.144. The van der Waals surface area contributed by atoms with Crippen LogP contribution in [0, 0.1) is 27.7 Å². The Morgan fingerprint density at radius 3 is 1.39 bits per heavy atom. The molecular formula is C54H58Cl2N4O6. The summed E-state index contributed by atoms with van der Waals surface area (Å²) in [7, 11) is 0. The number of aryl methyl sites for hydroxylation is 4. The van der Waals surface area contributed by atoms with Crippen molar-refractivity contribution in [3.63, 3.8) is 0 Å². The summed E-state index contributed by atoms with van der Waals surface area (Å²) in [6.07, 6.45) is 0. The molecule has 0 amide bonds. The average molecular weight is 930 g/mol. The lowest BCUT2D eigenvalue weighted by Gasteiger charge is -2.19. The molecule has 3 N–H and O–H groups in total. The first kappa shape index (κ1) is 50.4. The Morgan fingerprint density at radius 1 is 0.561 bits per heavy atom. The first-order valence-electron chi connectivity index (χ1n) is 22.0. The molecule has 0 atom stereocenters. The summed E-state index contributed by atoms with van der Waals surface area (Å²) in [4.78, 5) is 34.1. The number of carboxylic acids is 1. The third-order valence-corrected chi connectivity index (χ3v) is 11.3. The number of nitrogens with zero attached hydrogens (tertiary/aromatic N) is 2. The zero-order chi connectivity index (χ0) is 45.7. The van der Waals surface area contributed by atoms with Crippen LogP contribution in [0.5, 0.6) is 0 Å². The maximum absolute atomic E-state index is 12.9. The highest BCUT2D eigenvalue weighted by Crippen LogP contribution is 2.44. The number of carbonyl (C=O) groups excluding carboxylic acids is 1. The first-order chi connectivity index (χ1) is 30.9. The summed E-state index contributed by atoms with van der Waals surface area (Å²) in [6, 6.07) is 31.1. The summed E-state index contributed by atoms with van der Waals surface area (Å²) in [5, 5.41) is 20.3. The maximum atomic E-state index is 12.9. The minimum Gasteiger partial charge on any atom is -0.478 e. The van der Waals surface area contributed by atoms with Gasteiger partial charge in [0.05, 0.1) is 28.4 Å². The van der Waals surface area contributed by atoms with Crippen LogP contribution in [0.1, 0.15) is 77.6 Å². The van der Waals surface area contributed by atoms with Gasteiger partial charge in [-0.15, -0.1) is 24.8 Å². The molecule has 2 heterocycles. The van der Waals surface area contributed by atoms with Crippen LogP contribution < -0.4 is 21.3 Å². The number of fused-ring (bicyclic) bond motifs is 4. The van der Waals surface area contributed by atoms with Crippen LogP contribution in [-0.2, 0) is 4.74 Å². The largest absolute Gasteiger partial charge is 0.478 e. The van der Waals surface area contributed by atoms with Crippen LogP contribution in [0.15, 0.2) is 116 Å². The van der Waals surface area contributed by atoms with E-state index in [1.54, 1.807) is 12.1 Å². The van der Waals surface area contributed by atoms with Gasteiger partial charge in [0.15, 0.2) is 0 Å². The van der Waals surface area contributed by atoms with Crippen LogP contribution in [0.2, 0.25) is 0 Å². The van der Waals surface area contributed by atoms with Crippen molar-refractivity contribution >= 4 is 70.1 Å². The fourth-order valence-corrected chi connectivity index (χ4v) is 8.38. The second kappa shape index (κ2) is 22.0. The molecule has 0 radical (unpaired) electrons. The van der Waals surface area contributed by atoms with Crippen LogP contribution >= 0.6 is 24.8 Å². The van der Waals surface area contributed by atoms with Crippen molar-refractivity contribution in [2.45, 2.75) is 62.3 Å². The summed E-state index contributed by atoms with van der Waals surface area (Å²) < 4.78 is 18.1. The van der Waals surface area contributed by atoms with Gasteiger partial charge in [-0.3, -0.25) is 9.98 Å². The number of hydrogen-bond acceptors (Lipinski definition) is 9. The summed E-state index contributed by atoms with van der Waals surface area (Å²) in [6.45, 7) is 21.5. The number of anilines is 2. The van der Waals surface area contributed by atoms with E-state index in [0.717, 1.165) is 107 Å². The number of ether oxygens (including phenoxy) is 1. The van der Waals surface area contributed by atoms with Crippen molar-refractivity contribution in [2.24, 2.45) is 9.98 Å². The summed E-state index contributed by atoms with van der Waals surface area (Å²) in [5.41, 5.74) is 13.7. The molecule has 0 spiro atoms. The van der Waals surface area contributed by atoms with E-state index >= 15 is 0 Å². The molecule has 4 aromatic rings. The molecule has 0 bridgehead atoms. The van der Waals surface area contributed by atoms with Crippen molar-refractivity contribution in [3.8, 4) is 44.9 Å². The number of rotatable bonds is 11. The zero-order valence-electron chi connectivity index (χ0n) is 39.0. The number of nitrogens with one attached hydrogen (secondary N) is 2. The Morgan fingerprint density at radius 2 is 0.985 bits per heavy atom. The Labute approximate surface area is 398 Å². The lowest BCUT2D eigenvalue weighted by Crippen LogP contribution is -2.10. The smallest absolute Gasteiger partial charge is 0.338 e. The first-order valence-corrected chi connectivity index (χ1v) is 22.0. The number of carboxylic acid groups (broad SMARTS) is 1. The van der Waals surface area contributed by atoms with E-state index in [9.17, 15) is 14.7 Å². The van der Waals surface area contributed by atoms with E-state index in [-0.39, 0.29) is 36.3 Å². The molecule has 0 saturated carbocycles. The Balaban J connectivity index is 0.000000241. The monoisotopic (exact) mass is 928 g/mol. The number of hydrogen-bond donors (Lipinski definition) is 3. The molecule has 66 heavy (non-hydrogen) atoms. The average Bonchev–Trinajstić information content (AvgIpc) is 3.27. The van der Waals surface area contributed by atoms with Gasteiger partial charge in [-0.2, -0.15) is 0 Å². The fourth-order valence-electron chi connectivity index (χ4n) is 8.38. The summed E-state index contributed by atoms with van der Waals surface area (Å²) >= 11 is 0. The lowest BCUT2D eigenvalue weighted by molar-refractivity contribution is 0.0526. The molecule has 4 aromatic carbocycles. The Bertz CT molecular complexity index is 3130. The second-order valence-electron chi connectivity index (χ2n) is 15.7. The van der Waals surface area contributed by atoms with E-state index in [2.05, 4.69) is 66.5 Å². The van der Waals surface area contributed by atoms with E-state index in [0.29, 0.717) is 42.2 Å². The topological polar surface area (TPSA) is 139 Å². The van der Waals surface area contributed by atoms with Crippen LogP contribution in [0.4, 0.5) is 11.4 Å². The molecule has 0 unspecified atom stereocenters. The highest BCUT2D eigenvalue weighted by atomic mass is 35.5. The Kier molecular flexibility index (Phi) is 16.8. The molecule has 10 nitrogen and oxygen atoms in total. The van der Waals surface area contributed by atoms with Gasteiger partial charge in [-0.1, -0.05) is 36.4 Å². The van der Waals surface area contributed by atoms with E-state index < -0.39 is 5.97 Å². The molecule has 2 aliphatic carbocycles. The van der Waals surface area contributed by atoms with E-state index in [4.69, 9.17) is 13.6 Å². The lowest BCUT2D eigenvalue weighted by atomic mass is 9.89. The molecule has 0 aromatic heterocycles. The van der Waals surface area contributed by atoms with Crippen molar-refractivity contribution in [1.82, 2.24) is 0 Å². The van der Waals surface area contributed by atoms with Gasteiger partial charge in [-0.05, 0) is 132 Å². The third-order valence-electron chi connectivity index (χ3n) is 11.3. The molecule has 344 valence electrons. The van der Waals surface area contributed by atoms with Gasteiger partial charge < -0.3 is 29.3 Å². The van der Waals surface area contributed by atoms with Gasteiger partial charge >= 0.3 is 11.9 Å². The van der Waals surface area contributed by atoms with Crippen molar-refractivity contribution in [1.29, 1.82) is 0 Å². The predicted molar refractivity (Wildman–Crippen MR) is 273 cm³/mol.